The first kappa shape index (κ1) is 19.3. The number of para-hydroxylation sites is 1. The van der Waals surface area contributed by atoms with Crippen molar-refractivity contribution in [1.29, 1.82) is 0 Å². The van der Waals surface area contributed by atoms with E-state index < -0.39 is 0 Å². The Balaban J connectivity index is 1.66. The molecule has 0 bridgehead atoms. The van der Waals surface area contributed by atoms with Gasteiger partial charge in [0.25, 0.3) is 0 Å². The molecule has 0 aliphatic carbocycles. The Morgan fingerprint density at radius 3 is 2.48 bits per heavy atom. The van der Waals surface area contributed by atoms with Crippen LogP contribution in [0.15, 0.2) is 47.6 Å². The number of nitrogens with one attached hydrogen (secondary N) is 1. The summed E-state index contributed by atoms with van der Waals surface area (Å²) in [5, 5.41) is 11.9. The molecule has 10 heteroatoms. The zero-order valence-corrected chi connectivity index (χ0v) is 16.5. The Bertz CT molecular complexity index is 942. The van der Waals surface area contributed by atoms with Gasteiger partial charge >= 0.3 is 0 Å². The molecule has 0 unspecified atom stereocenters. The fourth-order valence-electron chi connectivity index (χ4n) is 2.24. The van der Waals surface area contributed by atoms with Crippen LogP contribution in [0.3, 0.4) is 0 Å². The average Bonchev–Trinajstić information content (AvgIpc) is 3.04. The van der Waals surface area contributed by atoms with Crippen molar-refractivity contribution in [3.05, 3.63) is 52.5 Å². The second kappa shape index (κ2) is 8.51. The van der Waals surface area contributed by atoms with E-state index in [2.05, 4.69) is 15.5 Å². The number of nitrogens with two attached hydrogens (primary N) is 1. The highest BCUT2D eigenvalue weighted by Crippen LogP contribution is 2.30. The Morgan fingerprint density at radius 2 is 1.85 bits per heavy atom. The Hall–Kier alpha value is -2.42. The lowest BCUT2D eigenvalue weighted by molar-refractivity contribution is -0.113. The molecule has 0 aliphatic rings. The molecule has 0 atom stereocenters. The average molecular weight is 424 g/mol. The second-order valence-electron chi connectivity index (χ2n) is 5.34. The number of nitrogens with zero attached hydrogens (tertiary/aromatic N) is 3. The van der Waals surface area contributed by atoms with E-state index in [9.17, 15) is 4.79 Å². The van der Waals surface area contributed by atoms with E-state index >= 15 is 0 Å². The number of benzene rings is 2. The summed E-state index contributed by atoms with van der Waals surface area (Å²) in [6.45, 7) is 0. The molecule has 1 heterocycles. The maximum Gasteiger partial charge on any atom is 0.234 e. The lowest BCUT2D eigenvalue weighted by Crippen LogP contribution is -2.16. The number of halogens is 2. The van der Waals surface area contributed by atoms with E-state index in [-0.39, 0.29) is 11.7 Å². The molecule has 140 valence electrons. The molecule has 27 heavy (non-hydrogen) atoms. The van der Waals surface area contributed by atoms with Crippen LogP contribution in [-0.4, -0.2) is 33.6 Å². The van der Waals surface area contributed by atoms with E-state index in [0.29, 0.717) is 26.7 Å². The normalized spacial score (nSPS) is 10.6. The molecular formula is C17H15Cl2N5O2S. The molecule has 0 fully saturated rings. The van der Waals surface area contributed by atoms with Gasteiger partial charge in [-0.05, 0) is 36.4 Å². The first-order chi connectivity index (χ1) is 13.0. The van der Waals surface area contributed by atoms with Gasteiger partial charge in [0.1, 0.15) is 5.75 Å². The highest BCUT2D eigenvalue weighted by atomic mass is 35.5. The van der Waals surface area contributed by atoms with Crippen molar-refractivity contribution >= 4 is 46.6 Å². The first-order valence-corrected chi connectivity index (χ1v) is 9.45. The zero-order chi connectivity index (χ0) is 19.4. The number of rotatable bonds is 6. The van der Waals surface area contributed by atoms with Gasteiger partial charge in [-0.2, -0.15) is 0 Å². The summed E-state index contributed by atoms with van der Waals surface area (Å²) in [5.41, 5.74) is 1.16. The molecule has 0 saturated carbocycles. The summed E-state index contributed by atoms with van der Waals surface area (Å²) in [5.74, 6) is 7.05. The van der Waals surface area contributed by atoms with E-state index in [1.165, 1.54) is 4.68 Å². The molecule has 3 rings (SSSR count). The van der Waals surface area contributed by atoms with Gasteiger partial charge in [-0.15, -0.1) is 10.2 Å². The summed E-state index contributed by atoms with van der Waals surface area (Å²) < 4.78 is 6.47. The number of carbonyl (C=O) groups is 1. The van der Waals surface area contributed by atoms with Crippen LogP contribution in [0.4, 0.5) is 5.69 Å². The SMILES string of the molecule is COc1ccc(-c2nnc(SCC(=O)Nc3c(Cl)cccc3Cl)n2N)cc1. The van der Waals surface area contributed by atoms with Gasteiger partial charge < -0.3 is 15.9 Å². The Kier molecular flexibility index (Phi) is 6.10. The van der Waals surface area contributed by atoms with Crippen molar-refractivity contribution < 1.29 is 9.53 Å². The number of methoxy groups -OCH3 is 1. The van der Waals surface area contributed by atoms with Crippen LogP contribution in [0.5, 0.6) is 5.75 Å². The number of hydrogen-bond donors (Lipinski definition) is 2. The summed E-state index contributed by atoms with van der Waals surface area (Å²) in [6.07, 6.45) is 0. The minimum atomic E-state index is -0.288. The van der Waals surface area contributed by atoms with E-state index in [1.54, 1.807) is 37.4 Å². The third-order valence-corrected chi connectivity index (χ3v) is 5.15. The third kappa shape index (κ3) is 4.47. The molecule has 3 aromatic rings. The largest absolute Gasteiger partial charge is 0.497 e. The zero-order valence-electron chi connectivity index (χ0n) is 14.1. The summed E-state index contributed by atoms with van der Waals surface area (Å²) >= 11 is 13.2. The van der Waals surface area contributed by atoms with Crippen LogP contribution in [0.1, 0.15) is 0 Å². The lowest BCUT2D eigenvalue weighted by atomic mass is 10.2. The highest BCUT2D eigenvalue weighted by Gasteiger charge is 2.15. The van der Waals surface area contributed by atoms with Gasteiger partial charge in [0, 0.05) is 5.56 Å². The fourth-order valence-corrected chi connectivity index (χ4v) is 3.38. The molecule has 0 radical (unpaired) electrons. The molecule has 0 spiro atoms. The molecule has 2 aromatic carbocycles. The lowest BCUT2D eigenvalue weighted by Gasteiger charge is -2.09. The van der Waals surface area contributed by atoms with Crippen molar-refractivity contribution in [2.75, 3.05) is 24.0 Å². The molecular weight excluding hydrogens is 409 g/mol. The highest BCUT2D eigenvalue weighted by molar-refractivity contribution is 7.99. The maximum atomic E-state index is 12.2. The number of carbonyl (C=O) groups excluding carboxylic acids is 1. The summed E-state index contributed by atoms with van der Waals surface area (Å²) in [6, 6.07) is 12.3. The number of hydrogen-bond acceptors (Lipinski definition) is 6. The maximum absolute atomic E-state index is 12.2. The quantitative estimate of drug-likeness (QED) is 0.463. The Morgan fingerprint density at radius 1 is 1.19 bits per heavy atom. The van der Waals surface area contributed by atoms with Gasteiger partial charge in [-0.3, -0.25) is 4.79 Å². The monoisotopic (exact) mass is 423 g/mol. The van der Waals surface area contributed by atoms with Gasteiger partial charge in [-0.1, -0.05) is 41.0 Å². The fraction of sp³-hybridized carbons (Fsp3) is 0.118. The minimum Gasteiger partial charge on any atom is -0.497 e. The predicted molar refractivity (Wildman–Crippen MR) is 108 cm³/mol. The van der Waals surface area contributed by atoms with E-state index in [4.69, 9.17) is 33.8 Å². The van der Waals surface area contributed by atoms with Crippen molar-refractivity contribution in [3.63, 3.8) is 0 Å². The molecule has 0 aliphatic heterocycles. The smallest absolute Gasteiger partial charge is 0.234 e. The van der Waals surface area contributed by atoms with Crippen molar-refractivity contribution in [2.24, 2.45) is 0 Å². The standard InChI is InChI=1S/C17H15Cl2N5O2S/c1-26-11-7-5-10(6-8-11)16-22-23-17(24(16)20)27-9-14(25)21-15-12(18)3-2-4-13(15)19/h2-8H,9,20H2,1H3,(H,21,25). The van der Waals surface area contributed by atoms with Crippen LogP contribution in [-0.2, 0) is 4.79 Å². The van der Waals surface area contributed by atoms with Gasteiger partial charge in [-0.25, -0.2) is 4.68 Å². The van der Waals surface area contributed by atoms with E-state index in [1.807, 2.05) is 12.1 Å². The number of amides is 1. The third-order valence-electron chi connectivity index (χ3n) is 3.57. The van der Waals surface area contributed by atoms with Crippen LogP contribution in [0.2, 0.25) is 10.0 Å². The topological polar surface area (TPSA) is 95.1 Å². The van der Waals surface area contributed by atoms with Crippen LogP contribution >= 0.6 is 35.0 Å². The summed E-state index contributed by atoms with van der Waals surface area (Å²) in [4.78, 5) is 12.2. The van der Waals surface area contributed by atoms with Gasteiger partial charge in [0.15, 0.2) is 5.82 Å². The predicted octanol–water partition coefficient (Wildman–Crippen LogP) is 3.71. The van der Waals surface area contributed by atoms with E-state index in [0.717, 1.165) is 23.1 Å². The molecule has 1 aromatic heterocycles. The number of nitrogen functional groups attached to an aromatic ring is 1. The molecule has 0 saturated heterocycles. The van der Waals surface area contributed by atoms with Crippen molar-refractivity contribution in [2.45, 2.75) is 5.16 Å². The minimum absolute atomic E-state index is 0.0689. The first-order valence-electron chi connectivity index (χ1n) is 7.71. The van der Waals surface area contributed by atoms with Crippen LogP contribution in [0.25, 0.3) is 11.4 Å². The Labute approximate surface area is 169 Å². The number of thioether (sulfide) groups is 1. The number of ether oxygens (including phenoxy) is 1. The molecule has 7 nitrogen and oxygen atoms in total. The van der Waals surface area contributed by atoms with Crippen LogP contribution in [0, 0.1) is 0 Å². The van der Waals surface area contributed by atoms with Crippen molar-refractivity contribution in [1.82, 2.24) is 14.9 Å². The van der Waals surface area contributed by atoms with Gasteiger partial charge in [0.2, 0.25) is 11.1 Å². The van der Waals surface area contributed by atoms with Gasteiger partial charge in [0.05, 0.1) is 28.6 Å². The number of aromatic nitrogens is 3. The second-order valence-corrected chi connectivity index (χ2v) is 7.10. The van der Waals surface area contributed by atoms with Crippen LogP contribution < -0.4 is 15.9 Å². The number of anilines is 1. The molecule has 3 N–H and O–H groups in total. The summed E-state index contributed by atoms with van der Waals surface area (Å²) in [7, 11) is 1.59. The molecule has 1 amide bonds. The van der Waals surface area contributed by atoms with Crippen molar-refractivity contribution in [3.8, 4) is 17.1 Å².